The lowest BCUT2D eigenvalue weighted by Gasteiger charge is -2.25. The van der Waals surface area contributed by atoms with Crippen LogP contribution in [0.1, 0.15) is 11.1 Å². The van der Waals surface area contributed by atoms with E-state index < -0.39 is 15.9 Å². The van der Waals surface area contributed by atoms with Crippen molar-refractivity contribution in [1.82, 2.24) is 5.32 Å². The SMILES string of the molecule is Cc1ccc(Cl)cc1N(CC(=O)NCCSCc1ccc(Cl)cc1Cl)S(=O)(=O)c1ccccc1. The Labute approximate surface area is 219 Å². The number of sulfonamides is 1. The van der Waals surface area contributed by atoms with Crippen molar-refractivity contribution in [3.63, 3.8) is 0 Å². The highest BCUT2D eigenvalue weighted by atomic mass is 35.5. The van der Waals surface area contributed by atoms with E-state index in [1.165, 1.54) is 12.1 Å². The third-order valence-corrected chi connectivity index (χ3v) is 8.50. The number of thioether (sulfide) groups is 1. The minimum absolute atomic E-state index is 0.0950. The van der Waals surface area contributed by atoms with Gasteiger partial charge in [0.25, 0.3) is 10.0 Å². The zero-order valence-corrected chi connectivity index (χ0v) is 22.2. The number of hydrogen-bond acceptors (Lipinski definition) is 4. The van der Waals surface area contributed by atoms with Crippen LogP contribution in [-0.2, 0) is 20.6 Å². The van der Waals surface area contributed by atoms with Crippen LogP contribution in [0, 0.1) is 6.92 Å². The molecular formula is C24H23Cl3N2O3S2. The summed E-state index contributed by atoms with van der Waals surface area (Å²) in [7, 11) is -3.98. The first-order chi connectivity index (χ1) is 16.2. The largest absolute Gasteiger partial charge is 0.354 e. The fourth-order valence-corrected chi connectivity index (χ4v) is 6.22. The summed E-state index contributed by atoms with van der Waals surface area (Å²) < 4.78 is 27.9. The first-order valence-electron chi connectivity index (χ1n) is 10.3. The number of nitrogens with zero attached hydrogens (tertiary/aromatic N) is 1. The Morgan fingerprint density at radius 3 is 2.35 bits per heavy atom. The normalized spacial score (nSPS) is 11.3. The summed E-state index contributed by atoms with van der Waals surface area (Å²) in [4.78, 5) is 12.8. The summed E-state index contributed by atoms with van der Waals surface area (Å²) in [6, 6.07) is 18.3. The van der Waals surface area contributed by atoms with Gasteiger partial charge in [0.2, 0.25) is 5.91 Å². The van der Waals surface area contributed by atoms with Crippen LogP contribution in [0.2, 0.25) is 15.1 Å². The molecule has 1 N–H and O–H groups in total. The number of benzene rings is 3. The van der Waals surface area contributed by atoms with E-state index in [0.717, 1.165) is 9.87 Å². The minimum Gasteiger partial charge on any atom is -0.354 e. The summed E-state index contributed by atoms with van der Waals surface area (Å²) >= 11 is 19.8. The lowest BCUT2D eigenvalue weighted by molar-refractivity contribution is -0.119. The van der Waals surface area contributed by atoms with Gasteiger partial charge >= 0.3 is 0 Å². The Kier molecular flexibility index (Phi) is 9.56. The lowest BCUT2D eigenvalue weighted by Crippen LogP contribution is -2.41. The number of anilines is 1. The van der Waals surface area contributed by atoms with Gasteiger partial charge in [-0.2, -0.15) is 11.8 Å². The molecule has 1 amide bonds. The molecule has 0 aliphatic rings. The molecular weight excluding hydrogens is 535 g/mol. The van der Waals surface area contributed by atoms with Gasteiger partial charge in [-0.3, -0.25) is 9.10 Å². The quantitative estimate of drug-likeness (QED) is 0.301. The van der Waals surface area contributed by atoms with Crippen molar-refractivity contribution in [1.29, 1.82) is 0 Å². The molecule has 0 radical (unpaired) electrons. The molecule has 0 unspecified atom stereocenters. The van der Waals surface area contributed by atoms with Crippen molar-refractivity contribution in [3.8, 4) is 0 Å². The first-order valence-corrected chi connectivity index (χ1v) is 14.0. The van der Waals surface area contributed by atoms with Crippen molar-refractivity contribution in [2.24, 2.45) is 0 Å². The maximum Gasteiger partial charge on any atom is 0.264 e. The van der Waals surface area contributed by atoms with Crippen LogP contribution in [-0.4, -0.2) is 33.2 Å². The summed E-state index contributed by atoms with van der Waals surface area (Å²) in [6.07, 6.45) is 0. The Morgan fingerprint density at radius 1 is 0.971 bits per heavy atom. The molecule has 0 fully saturated rings. The van der Waals surface area contributed by atoms with Gasteiger partial charge in [0.15, 0.2) is 0 Å². The second-order valence-electron chi connectivity index (χ2n) is 7.39. The monoisotopic (exact) mass is 556 g/mol. The van der Waals surface area contributed by atoms with Crippen molar-refractivity contribution >= 4 is 68.2 Å². The molecule has 3 aromatic carbocycles. The molecule has 0 bridgehead atoms. The number of halogens is 3. The van der Waals surface area contributed by atoms with Gasteiger partial charge in [-0.05, 0) is 54.4 Å². The zero-order chi connectivity index (χ0) is 24.7. The number of carbonyl (C=O) groups is 1. The highest BCUT2D eigenvalue weighted by molar-refractivity contribution is 7.98. The molecule has 10 heteroatoms. The molecule has 0 heterocycles. The fraction of sp³-hybridized carbons (Fsp3) is 0.208. The lowest BCUT2D eigenvalue weighted by atomic mass is 10.2. The van der Waals surface area contributed by atoms with Crippen LogP contribution in [0.15, 0.2) is 71.6 Å². The molecule has 0 aromatic heterocycles. The number of aryl methyl sites for hydroxylation is 1. The molecule has 0 saturated heterocycles. The van der Waals surface area contributed by atoms with E-state index in [-0.39, 0.29) is 11.4 Å². The van der Waals surface area contributed by atoms with E-state index in [2.05, 4.69) is 5.32 Å². The second-order valence-corrected chi connectivity index (χ2v) is 11.6. The molecule has 0 spiro atoms. The topological polar surface area (TPSA) is 66.5 Å². The predicted molar refractivity (Wildman–Crippen MR) is 143 cm³/mol. The minimum atomic E-state index is -3.98. The average Bonchev–Trinajstić information content (AvgIpc) is 2.80. The molecule has 180 valence electrons. The second kappa shape index (κ2) is 12.2. The molecule has 0 saturated carbocycles. The van der Waals surface area contributed by atoms with Crippen LogP contribution in [0.4, 0.5) is 5.69 Å². The van der Waals surface area contributed by atoms with Gasteiger partial charge < -0.3 is 5.32 Å². The van der Waals surface area contributed by atoms with Crippen molar-refractivity contribution in [3.05, 3.63) is 92.9 Å². The molecule has 34 heavy (non-hydrogen) atoms. The third kappa shape index (κ3) is 7.06. The zero-order valence-electron chi connectivity index (χ0n) is 18.3. The van der Waals surface area contributed by atoms with Gasteiger partial charge in [-0.25, -0.2) is 8.42 Å². The first kappa shape index (κ1) is 26.7. The van der Waals surface area contributed by atoms with E-state index in [1.54, 1.807) is 67.2 Å². The summed E-state index contributed by atoms with van der Waals surface area (Å²) in [5.74, 6) is 0.887. The predicted octanol–water partition coefficient (Wildman–Crippen LogP) is 6.20. The molecule has 0 atom stereocenters. The molecule has 3 rings (SSSR count). The van der Waals surface area contributed by atoms with Crippen molar-refractivity contribution in [2.45, 2.75) is 17.6 Å². The van der Waals surface area contributed by atoms with E-state index in [1.807, 2.05) is 6.07 Å². The number of amides is 1. The average molecular weight is 558 g/mol. The van der Waals surface area contributed by atoms with Crippen LogP contribution >= 0.6 is 46.6 Å². The Bertz CT molecular complexity index is 1260. The number of rotatable bonds is 10. The molecule has 0 aliphatic carbocycles. The van der Waals surface area contributed by atoms with Crippen LogP contribution in [0.3, 0.4) is 0 Å². The van der Waals surface area contributed by atoms with E-state index in [9.17, 15) is 13.2 Å². The van der Waals surface area contributed by atoms with Crippen molar-refractivity contribution < 1.29 is 13.2 Å². The van der Waals surface area contributed by atoms with E-state index in [0.29, 0.717) is 44.4 Å². The number of hydrogen-bond donors (Lipinski definition) is 1. The van der Waals surface area contributed by atoms with Gasteiger partial charge in [0, 0.05) is 33.1 Å². The van der Waals surface area contributed by atoms with Crippen LogP contribution < -0.4 is 9.62 Å². The maximum atomic E-state index is 13.4. The fourth-order valence-electron chi connectivity index (χ4n) is 3.14. The highest BCUT2D eigenvalue weighted by Crippen LogP contribution is 2.29. The van der Waals surface area contributed by atoms with Gasteiger partial charge in [0.05, 0.1) is 10.6 Å². The summed E-state index contributed by atoms with van der Waals surface area (Å²) in [5, 5.41) is 4.36. The summed E-state index contributed by atoms with van der Waals surface area (Å²) in [6.45, 7) is 1.78. The van der Waals surface area contributed by atoms with Gasteiger partial charge in [0.1, 0.15) is 6.54 Å². The Morgan fingerprint density at radius 2 is 1.65 bits per heavy atom. The number of nitrogens with one attached hydrogen (secondary N) is 1. The Balaban J connectivity index is 1.66. The van der Waals surface area contributed by atoms with Gasteiger partial charge in [-0.1, -0.05) is 65.1 Å². The molecule has 3 aromatic rings. The highest BCUT2D eigenvalue weighted by Gasteiger charge is 2.28. The third-order valence-electron chi connectivity index (χ3n) is 4.90. The number of carbonyl (C=O) groups excluding carboxylic acids is 1. The van der Waals surface area contributed by atoms with Crippen LogP contribution in [0.5, 0.6) is 0 Å². The van der Waals surface area contributed by atoms with E-state index >= 15 is 0 Å². The standard InChI is InChI=1S/C24H23Cl3N2O3S2/c1-17-7-9-20(26)14-23(17)29(34(31,32)21-5-3-2-4-6-21)15-24(30)28-11-12-33-16-18-8-10-19(25)13-22(18)27/h2-10,13-14H,11-12,15-16H2,1H3,(H,28,30). The smallest absolute Gasteiger partial charge is 0.264 e. The van der Waals surface area contributed by atoms with Crippen molar-refractivity contribution in [2.75, 3.05) is 23.1 Å². The molecule has 5 nitrogen and oxygen atoms in total. The Hall–Kier alpha value is -1.90. The van der Waals surface area contributed by atoms with E-state index in [4.69, 9.17) is 34.8 Å². The van der Waals surface area contributed by atoms with Crippen LogP contribution in [0.25, 0.3) is 0 Å². The maximum absolute atomic E-state index is 13.4. The molecule has 0 aliphatic heterocycles. The summed E-state index contributed by atoms with van der Waals surface area (Å²) in [5.41, 5.74) is 2.00. The van der Waals surface area contributed by atoms with Gasteiger partial charge in [-0.15, -0.1) is 0 Å².